The summed E-state index contributed by atoms with van der Waals surface area (Å²) in [6.07, 6.45) is 3.60. The minimum absolute atomic E-state index is 0.273. The number of Topliss-reactive ketones (excluding diaryl/α,β-unsaturated/α-hetero) is 1. The highest BCUT2D eigenvalue weighted by Gasteiger charge is 2.65. The molecule has 0 bridgehead atoms. The van der Waals surface area contributed by atoms with Gasteiger partial charge in [0.1, 0.15) is 11.9 Å². The van der Waals surface area contributed by atoms with Gasteiger partial charge in [-0.2, -0.15) is 5.26 Å². The summed E-state index contributed by atoms with van der Waals surface area (Å²) in [5.74, 6) is -2.52. The number of primary amides is 1. The van der Waals surface area contributed by atoms with Crippen LogP contribution >= 0.6 is 11.6 Å². The first-order valence-electron chi connectivity index (χ1n) is 10.7. The highest BCUT2D eigenvalue weighted by Crippen LogP contribution is 2.55. The van der Waals surface area contributed by atoms with E-state index < -0.39 is 35.1 Å². The number of benzene rings is 3. The van der Waals surface area contributed by atoms with Crippen LogP contribution in [-0.4, -0.2) is 23.8 Å². The number of amides is 1. The Morgan fingerprint density at radius 1 is 1.03 bits per heavy atom. The van der Waals surface area contributed by atoms with E-state index in [-0.39, 0.29) is 11.3 Å². The van der Waals surface area contributed by atoms with Gasteiger partial charge >= 0.3 is 0 Å². The van der Waals surface area contributed by atoms with Gasteiger partial charge in [-0.3, -0.25) is 9.59 Å². The maximum atomic E-state index is 14.0. The molecule has 0 unspecified atom stereocenters. The van der Waals surface area contributed by atoms with Gasteiger partial charge in [0.05, 0.1) is 12.1 Å². The van der Waals surface area contributed by atoms with Crippen molar-refractivity contribution in [2.45, 2.75) is 18.0 Å². The number of fused-ring (bicyclic) bond motifs is 3. The molecular weight excluding hydrogens is 453 g/mol. The molecule has 3 aromatic carbocycles. The minimum atomic E-state index is -1.74. The van der Waals surface area contributed by atoms with Crippen molar-refractivity contribution in [1.29, 1.82) is 5.26 Å². The lowest BCUT2D eigenvalue weighted by Gasteiger charge is -2.36. The molecule has 5 rings (SSSR count). The van der Waals surface area contributed by atoms with E-state index in [4.69, 9.17) is 17.3 Å². The van der Waals surface area contributed by atoms with Crippen molar-refractivity contribution in [1.82, 2.24) is 0 Å². The average Bonchev–Trinajstić information content (AvgIpc) is 3.16. The number of hydrogen-bond donors (Lipinski definition) is 1. The van der Waals surface area contributed by atoms with Crippen molar-refractivity contribution in [3.05, 3.63) is 106 Å². The highest BCUT2D eigenvalue weighted by molar-refractivity contribution is 6.30. The van der Waals surface area contributed by atoms with Crippen LogP contribution in [0, 0.1) is 22.6 Å². The molecule has 168 valence electrons. The smallest absolute Gasteiger partial charge is 0.241 e. The predicted octanol–water partition coefficient (Wildman–Crippen LogP) is 4.73. The Hall–Kier alpha value is -3.95. The van der Waals surface area contributed by atoms with Gasteiger partial charge < -0.3 is 10.6 Å². The summed E-state index contributed by atoms with van der Waals surface area (Å²) < 4.78 is 13.6. The van der Waals surface area contributed by atoms with Crippen molar-refractivity contribution in [2.75, 3.05) is 4.90 Å². The maximum absolute atomic E-state index is 14.0. The third kappa shape index (κ3) is 3.12. The quantitative estimate of drug-likeness (QED) is 0.557. The Bertz CT molecular complexity index is 1360. The van der Waals surface area contributed by atoms with Crippen molar-refractivity contribution in [2.24, 2.45) is 11.1 Å². The van der Waals surface area contributed by atoms with Gasteiger partial charge in [0.15, 0.2) is 11.2 Å². The molecule has 0 spiro atoms. The largest absolute Gasteiger partial charge is 0.368 e. The lowest BCUT2D eigenvalue weighted by Crippen LogP contribution is -2.49. The van der Waals surface area contributed by atoms with Crippen LogP contribution in [0.4, 0.5) is 10.1 Å². The summed E-state index contributed by atoms with van der Waals surface area (Å²) in [6, 6.07) is 19.9. The molecule has 3 aromatic rings. The van der Waals surface area contributed by atoms with E-state index in [0.717, 1.165) is 5.56 Å². The summed E-state index contributed by atoms with van der Waals surface area (Å²) in [5, 5.41) is 10.9. The molecule has 0 saturated carbocycles. The zero-order chi connectivity index (χ0) is 24.0. The summed E-state index contributed by atoms with van der Waals surface area (Å²) in [7, 11) is 0. The molecule has 5 nitrogen and oxygen atoms in total. The molecule has 1 amide bonds. The summed E-state index contributed by atoms with van der Waals surface area (Å²) in [4.78, 5) is 28.9. The second-order valence-electron chi connectivity index (χ2n) is 8.46. The predicted molar refractivity (Wildman–Crippen MR) is 128 cm³/mol. The molecule has 1 fully saturated rings. The summed E-state index contributed by atoms with van der Waals surface area (Å²) >= 11 is 6.10. The topological polar surface area (TPSA) is 87.2 Å². The number of anilines is 1. The molecule has 2 heterocycles. The van der Waals surface area contributed by atoms with E-state index in [9.17, 15) is 19.2 Å². The van der Waals surface area contributed by atoms with Gasteiger partial charge in [-0.15, -0.1) is 0 Å². The molecule has 2 aliphatic rings. The van der Waals surface area contributed by atoms with Gasteiger partial charge in [-0.1, -0.05) is 54.1 Å². The Morgan fingerprint density at radius 2 is 1.71 bits per heavy atom. The van der Waals surface area contributed by atoms with Crippen LogP contribution in [0.5, 0.6) is 0 Å². The van der Waals surface area contributed by atoms with Gasteiger partial charge in [0, 0.05) is 22.2 Å². The number of para-hydroxylation sites is 1. The molecule has 1 saturated heterocycles. The van der Waals surface area contributed by atoms with Crippen LogP contribution in [0.2, 0.25) is 5.02 Å². The number of carbonyl (C=O) groups excluding carboxylic acids is 2. The standard InChI is InChI=1S/C27H19ClFN3O2/c28-19-10-5-17(6-11-19)23-24(25(33)18-7-12-20(29)13-8-18)32-21-4-2-1-3-16(21)9-14-22(32)27(23,15-30)26(31)34/h1-14,22-24H,(H2,31,34)/t22-,23+,24+,27+/m0/s1. The Labute approximate surface area is 200 Å². The van der Waals surface area contributed by atoms with Crippen molar-refractivity contribution >= 4 is 35.1 Å². The van der Waals surface area contributed by atoms with Crippen molar-refractivity contribution in [3.63, 3.8) is 0 Å². The third-order valence-corrected chi connectivity index (χ3v) is 7.02. The third-order valence-electron chi connectivity index (χ3n) is 6.76. The maximum Gasteiger partial charge on any atom is 0.241 e. The first-order valence-corrected chi connectivity index (χ1v) is 11.1. The molecule has 2 N–H and O–H groups in total. The van der Waals surface area contributed by atoms with E-state index in [2.05, 4.69) is 6.07 Å². The summed E-state index contributed by atoms with van der Waals surface area (Å²) in [6.45, 7) is 0. The lowest BCUT2D eigenvalue weighted by atomic mass is 9.67. The number of rotatable bonds is 4. The fraction of sp³-hybridized carbons (Fsp3) is 0.148. The van der Waals surface area contributed by atoms with E-state index in [1.807, 2.05) is 35.2 Å². The summed E-state index contributed by atoms with van der Waals surface area (Å²) in [5.41, 5.74) is 6.63. The highest BCUT2D eigenvalue weighted by atomic mass is 35.5. The van der Waals surface area contributed by atoms with E-state index in [1.165, 1.54) is 24.3 Å². The zero-order valence-electron chi connectivity index (χ0n) is 17.9. The number of nitrogens with two attached hydrogens (primary N) is 1. The Balaban J connectivity index is 1.80. The van der Waals surface area contributed by atoms with Crippen molar-refractivity contribution < 1.29 is 14.0 Å². The second-order valence-corrected chi connectivity index (χ2v) is 8.90. The van der Waals surface area contributed by atoms with Crippen LogP contribution in [0.1, 0.15) is 27.4 Å². The molecule has 2 aliphatic heterocycles. The normalized spacial score (nSPS) is 24.7. The molecule has 0 aromatic heterocycles. The molecular formula is C27H19ClFN3O2. The first kappa shape index (κ1) is 21.9. The fourth-order valence-corrected chi connectivity index (χ4v) is 5.38. The molecule has 34 heavy (non-hydrogen) atoms. The van der Waals surface area contributed by atoms with Crippen LogP contribution in [-0.2, 0) is 4.79 Å². The number of carbonyl (C=O) groups is 2. The monoisotopic (exact) mass is 471 g/mol. The van der Waals surface area contributed by atoms with Crippen LogP contribution in [0.25, 0.3) is 6.08 Å². The number of nitrogens with zero attached hydrogens (tertiary/aromatic N) is 2. The van der Waals surface area contributed by atoms with E-state index in [1.54, 1.807) is 30.3 Å². The van der Waals surface area contributed by atoms with Crippen LogP contribution in [0.15, 0.2) is 78.9 Å². The zero-order valence-corrected chi connectivity index (χ0v) is 18.6. The molecule has 7 heteroatoms. The number of halogens is 2. The van der Waals surface area contributed by atoms with Gasteiger partial charge in [-0.05, 0) is 53.6 Å². The van der Waals surface area contributed by atoms with Crippen molar-refractivity contribution in [3.8, 4) is 6.07 Å². The van der Waals surface area contributed by atoms with Gasteiger partial charge in [-0.25, -0.2) is 4.39 Å². The minimum Gasteiger partial charge on any atom is -0.368 e. The number of ketones is 1. The number of nitriles is 1. The fourth-order valence-electron chi connectivity index (χ4n) is 5.26. The van der Waals surface area contributed by atoms with E-state index >= 15 is 0 Å². The first-order chi connectivity index (χ1) is 16.4. The van der Waals surface area contributed by atoms with Gasteiger partial charge in [0.25, 0.3) is 0 Å². The van der Waals surface area contributed by atoms with E-state index in [0.29, 0.717) is 16.3 Å². The molecule has 4 atom stereocenters. The SMILES string of the molecule is N#C[C@]1(C(N)=O)[C@H](c2ccc(Cl)cc2)[C@H](C(=O)c2ccc(F)cc2)N2c3ccccc3C=C[C@H]21. The lowest BCUT2D eigenvalue weighted by molar-refractivity contribution is -0.125. The number of hydrogen-bond acceptors (Lipinski definition) is 4. The van der Waals surface area contributed by atoms with Gasteiger partial charge in [0.2, 0.25) is 5.91 Å². The second kappa shape index (κ2) is 8.12. The molecule has 0 aliphatic carbocycles. The van der Waals surface area contributed by atoms with Crippen LogP contribution in [0.3, 0.4) is 0 Å². The molecule has 0 radical (unpaired) electrons. The van der Waals surface area contributed by atoms with Crippen LogP contribution < -0.4 is 10.6 Å². The Kier molecular flexibility index (Phi) is 5.22. The average molecular weight is 472 g/mol. The Morgan fingerprint density at radius 3 is 2.35 bits per heavy atom.